The third-order valence-electron chi connectivity index (χ3n) is 2.65. The summed E-state index contributed by atoms with van der Waals surface area (Å²) in [4.78, 5) is 11.9. The van der Waals surface area contributed by atoms with Crippen molar-refractivity contribution >= 4 is 17.4 Å². The van der Waals surface area contributed by atoms with E-state index in [0.29, 0.717) is 16.8 Å². The Kier molecular flexibility index (Phi) is 3.01. The number of nitrogen functional groups attached to an aromatic ring is 1. The third kappa shape index (κ3) is 2.17. The first-order valence-corrected chi connectivity index (χ1v) is 5.34. The normalized spacial score (nSPS) is 10.4. The van der Waals surface area contributed by atoms with E-state index in [2.05, 4.69) is 10.4 Å². The summed E-state index contributed by atoms with van der Waals surface area (Å²) in [6, 6.07) is 4.35. The first kappa shape index (κ1) is 12.1. The summed E-state index contributed by atoms with van der Waals surface area (Å²) in [6.07, 6.45) is 1.39. The van der Waals surface area contributed by atoms with Gasteiger partial charge in [-0.05, 0) is 30.7 Å². The van der Waals surface area contributed by atoms with Gasteiger partial charge in [0, 0.05) is 12.7 Å². The van der Waals surface area contributed by atoms with Gasteiger partial charge in [-0.2, -0.15) is 5.10 Å². The molecule has 94 valence electrons. The molecule has 0 spiro atoms. The zero-order chi connectivity index (χ0) is 13.3. The minimum Gasteiger partial charge on any atom is -0.383 e. The molecule has 0 radical (unpaired) electrons. The Morgan fingerprint density at radius 3 is 2.78 bits per heavy atom. The van der Waals surface area contributed by atoms with Crippen LogP contribution in [0, 0.1) is 12.7 Å². The molecule has 0 saturated heterocycles. The summed E-state index contributed by atoms with van der Waals surface area (Å²) in [6.45, 7) is 1.63. The van der Waals surface area contributed by atoms with Crippen LogP contribution in [0.5, 0.6) is 0 Å². The Labute approximate surface area is 103 Å². The zero-order valence-electron chi connectivity index (χ0n) is 10.1. The molecule has 6 heteroatoms. The molecule has 2 aromatic rings. The van der Waals surface area contributed by atoms with Crippen LogP contribution in [0.25, 0.3) is 0 Å². The minimum atomic E-state index is -0.369. The number of carbonyl (C=O) groups is 1. The van der Waals surface area contributed by atoms with Gasteiger partial charge in [0.2, 0.25) is 0 Å². The highest BCUT2D eigenvalue weighted by Crippen LogP contribution is 2.16. The first-order chi connectivity index (χ1) is 8.49. The van der Waals surface area contributed by atoms with E-state index in [1.54, 1.807) is 20.0 Å². The molecule has 1 aromatic carbocycles. The van der Waals surface area contributed by atoms with Crippen molar-refractivity contribution in [2.24, 2.45) is 7.05 Å². The van der Waals surface area contributed by atoms with E-state index in [0.717, 1.165) is 0 Å². The second-order valence-electron chi connectivity index (χ2n) is 3.99. The van der Waals surface area contributed by atoms with Gasteiger partial charge in [-0.1, -0.05) is 0 Å². The second kappa shape index (κ2) is 4.48. The number of hydrogen-bond donors (Lipinski definition) is 2. The van der Waals surface area contributed by atoms with Gasteiger partial charge in [0.05, 0.1) is 6.20 Å². The van der Waals surface area contributed by atoms with Crippen LogP contribution in [0.2, 0.25) is 0 Å². The van der Waals surface area contributed by atoms with E-state index < -0.39 is 0 Å². The molecular weight excluding hydrogens is 235 g/mol. The number of carbonyl (C=O) groups excluding carboxylic acids is 1. The van der Waals surface area contributed by atoms with Gasteiger partial charge in [-0.15, -0.1) is 0 Å². The summed E-state index contributed by atoms with van der Waals surface area (Å²) in [5, 5.41) is 6.52. The van der Waals surface area contributed by atoms with Gasteiger partial charge >= 0.3 is 0 Å². The number of nitrogens with zero attached hydrogens (tertiary/aromatic N) is 2. The Morgan fingerprint density at radius 2 is 2.22 bits per heavy atom. The van der Waals surface area contributed by atoms with Crippen LogP contribution in [0.1, 0.15) is 15.9 Å². The minimum absolute atomic E-state index is 0.284. The topological polar surface area (TPSA) is 72.9 Å². The van der Waals surface area contributed by atoms with E-state index in [-0.39, 0.29) is 17.5 Å². The molecule has 0 fully saturated rings. The fourth-order valence-electron chi connectivity index (χ4n) is 1.54. The Morgan fingerprint density at radius 1 is 1.50 bits per heavy atom. The lowest BCUT2D eigenvalue weighted by Crippen LogP contribution is -2.14. The number of aryl methyl sites for hydroxylation is 2. The summed E-state index contributed by atoms with van der Waals surface area (Å²) < 4.78 is 14.5. The van der Waals surface area contributed by atoms with Crippen LogP contribution < -0.4 is 11.1 Å². The molecule has 0 aliphatic rings. The molecule has 3 N–H and O–H groups in total. The van der Waals surface area contributed by atoms with Crippen LogP contribution in [-0.2, 0) is 7.05 Å². The predicted octanol–water partition coefficient (Wildman–Crippen LogP) is 1.70. The molecule has 1 amide bonds. The molecule has 0 atom stereocenters. The van der Waals surface area contributed by atoms with Gasteiger partial charge < -0.3 is 11.1 Å². The number of nitrogens with two attached hydrogens (primary N) is 1. The maximum absolute atomic E-state index is 13.1. The number of hydrogen-bond acceptors (Lipinski definition) is 3. The number of anilines is 2. The first-order valence-electron chi connectivity index (χ1n) is 5.34. The molecule has 0 aliphatic carbocycles. The lowest BCUT2D eigenvalue weighted by molar-refractivity contribution is 0.102. The van der Waals surface area contributed by atoms with Crippen molar-refractivity contribution in [2.75, 3.05) is 11.1 Å². The largest absolute Gasteiger partial charge is 0.383 e. The van der Waals surface area contributed by atoms with Crippen molar-refractivity contribution in [1.29, 1.82) is 0 Å². The lowest BCUT2D eigenvalue weighted by atomic mass is 10.2. The molecule has 1 heterocycles. The molecule has 1 aromatic heterocycles. The summed E-state index contributed by atoms with van der Waals surface area (Å²) in [5.74, 6) is -0.396. The van der Waals surface area contributed by atoms with E-state index in [1.165, 1.54) is 23.0 Å². The monoisotopic (exact) mass is 248 g/mol. The Bertz CT molecular complexity index is 606. The van der Waals surface area contributed by atoms with E-state index in [1.807, 2.05) is 0 Å². The Hall–Kier alpha value is -2.37. The van der Waals surface area contributed by atoms with Gasteiger partial charge in [0.25, 0.3) is 5.91 Å². The van der Waals surface area contributed by atoms with Crippen molar-refractivity contribution in [2.45, 2.75) is 6.92 Å². The number of aromatic nitrogens is 2. The summed E-state index contributed by atoms with van der Waals surface area (Å²) in [7, 11) is 1.65. The van der Waals surface area contributed by atoms with Crippen LogP contribution in [0.15, 0.2) is 24.4 Å². The standard InChI is InChI=1S/C12H13FN4O/c1-7-5-8(3-4-10(7)13)16-12(18)9-6-15-17(2)11(9)14/h3-6H,14H2,1-2H3,(H,16,18). The summed E-state index contributed by atoms with van der Waals surface area (Å²) >= 11 is 0. The average Bonchev–Trinajstić information content (AvgIpc) is 2.65. The van der Waals surface area contributed by atoms with Crippen LogP contribution in [0.3, 0.4) is 0 Å². The molecule has 2 rings (SSSR count). The van der Waals surface area contributed by atoms with Crippen molar-refractivity contribution in [1.82, 2.24) is 9.78 Å². The maximum atomic E-state index is 13.1. The SMILES string of the molecule is Cc1cc(NC(=O)c2cnn(C)c2N)ccc1F. The number of amides is 1. The fourth-order valence-corrected chi connectivity index (χ4v) is 1.54. The van der Waals surface area contributed by atoms with Crippen LogP contribution in [0.4, 0.5) is 15.9 Å². The maximum Gasteiger partial charge on any atom is 0.261 e. The van der Waals surface area contributed by atoms with E-state index >= 15 is 0 Å². The zero-order valence-corrected chi connectivity index (χ0v) is 10.1. The number of benzene rings is 1. The highest BCUT2D eigenvalue weighted by atomic mass is 19.1. The summed E-state index contributed by atoms with van der Waals surface area (Å²) in [5.41, 5.74) is 6.96. The molecule has 0 saturated carbocycles. The van der Waals surface area contributed by atoms with Crippen LogP contribution >= 0.6 is 0 Å². The van der Waals surface area contributed by atoms with Crippen molar-refractivity contribution < 1.29 is 9.18 Å². The molecule has 0 bridgehead atoms. The van der Waals surface area contributed by atoms with E-state index in [4.69, 9.17) is 5.73 Å². The van der Waals surface area contributed by atoms with Gasteiger partial charge in [-0.3, -0.25) is 9.48 Å². The third-order valence-corrected chi connectivity index (χ3v) is 2.65. The number of halogens is 1. The Balaban J connectivity index is 2.21. The van der Waals surface area contributed by atoms with Crippen LogP contribution in [-0.4, -0.2) is 15.7 Å². The smallest absolute Gasteiger partial charge is 0.261 e. The lowest BCUT2D eigenvalue weighted by Gasteiger charge is -2.06. The molecule has 5 nitrogen and oxygen atoms in total. The number of nitrogens with one attached hydrogen (secondary N) is 1. The highest BCUT2D eigenvalue weighted by molar-refractivity contribution is 6.07. The average molecular weight is 248 g/mol. The second-order valence-corrected chi connectivity index (χ2v) is 3.99. The van der Waals surface area contributed by atoms with Crippen molar-refractivity contribution in [3.63, 3.8) is 0 Å². The van der Waals surface area contributed by atoms with Gasteiger partial charge in [0.15, 0.2) is 0 Å². The highest BCUT2D eigenvalue weighted by Gasteiger charge is 2.14. The van der Waals surface area contributed by atoms with Gasteiger partial charge in [0.1, 0.15) is 17.2 Å². The molecule has 0 unspecified atom stereocenters. The molecular formula is C12H13FN4O. The molecule has 18 heavy (non-hydrogen) atoms. The van der Waals surface area contributed by atoms with E-state index in [9.17, 15) is 9.18 Å². The molecule has 0 aliphatic heterocycles. The van der Waals surface area contributed by atoms with Crippen molar-refractivity contribution in [3.8, 4) is 0 Å². The predicted molar refractivity (Wildman–Crippen MR) is 66.7 cm³/mol. The van der Waals surface area contributed by atoms with Crippen molar-refractivity contribution in [3.05, 3.63) is 41.3 Å². The fraction of sp³-hybridized carbons (Fsp3) is 0.167. The number of rotatable bonds is 2. The quantitative estimate of drug-likeness (QED) is 0.849. The van der Waals surface area contributed by atoms with Gasteiger partial charge in [-0.25, -0.2) is 4.39 Å².